The van der Waals surface area contributed by atoms with Crippen LogP contribution >= 0.6 is 0 Å². The van der Waals surface area contributed by atoms with Gasteiger partial charge in [0.05, 0.1) is 17.2 Å². The van der Waals surface area contributed by atoms with Crippen molar-refractivity contribution < 1.29 is 13.2 Å². The summed E-state index contributed by atoms with van der Waals surface area (Å²) in [5.41, 5.74) is 1.22. The minimum atomic E-state index is -3.89. The minimum absolute atomic E-state index is 0.169. The van der Waals surface area contributed by atoms with E-state index in [0.29, 0.717) is 11.0 Å². The van der Waals surface area contributed by atoms with E-state index in [1.54, 1.807) is 31.5 Å². The van der Waals surface area contributed by atoms with Crippen molar-refractivity contribution in [3.05, 3.63) is 42.6 Å². The van der Waals surface area contributed by atoms with Crippen LogP contribution in [0.5, 0.6) is 0 Å². The third kappa shape index (κ3) is 3.82. The van der Waals surface area contributed by atoms with Gasteiger partial charge >= 0.3 is 0 Å². The highest BCUT2D eigenvalue weighted by molar-refractivity contribution is 7.90. The van der Waals surface area contributed by atoms with Gasteiger partial charge in [0.15, 0.2) is 5.65 Å². The molecule has 1 aromatic carbocycles. The van der Waals surface area contributed by atoms with Gasteiger partial charge in [-0.1, -0.05) is 6.07 Å². The van der Waals surface area contributed by atoms with Crippen LogP contribution < -0.4 is 9.80 Å². The first-order valence-corrected chi connectivity index (χ1v) is 12.3. The van der Waals surface area contributed by atoms with Crippen molar-refractivity contribution in [3.8, 4) is 0 Å². The molecule has 5 rings (SSSR count). The van der Waals surface area contributed by atoms with Gasteiger partial charge in [-0.15, -0.1) is 4.09 Å². The van der Waals surface area contributed by atoms with Gasteiger partial charge < -0.3 is 19.4 Å². The number of rotatable bonds is 5. The van der Waals surface area contributed by atoms with Crippen molar-refractivity contribution >= 4 is 32.6 Å². The molecule has 2 fully saturated rings. The molecule has 0 bridgehead atoms. The largest absolute Gasteiger partial charge is 0.380 e. The maximum atomic E-state index is 13.5. The Morgan fingerprint density at radius 1 is 1.03 bits per heavy atom. The first-order chi connectivity index (χ1) is 15.5. The predicted octanol–water partition coefficient (Wildman–Crippen LogP) is 1.65. The summed E-state index contributed by atoms with van der Waals surface area (Å²) >= 11 is 0. The molecule has 0 spiro atoms. The van der Waals surface area contributed by atoms with Crippen LogP contribution in [-0.2, 0) is 14.8 Å². The van der Waals surface area contributed by atoms with Crippen LogP contribution in [0.4, 0.5) is 11.5 Å². The summed E-state index contributed by atoms with van der Waals surface area (Å²) in [6, 6.07) is 10.9. The molecule has 2 saturated heterocycles. The Labute approximate surface area is 188 Å². The molecule has 0 radical (unpaired) electrons. The molecule has 2 aromatic heterocycles. The zero-order valence-electron chi connectivity index (χ0n) is 18.4. The first kappa shape index (κ1) is 21.2. The lowest BCUT2D eigenvalue weighted by Crippen LogP contribution is -2.44. The van der Waals surface area contributed by atoms with Crippen LogP contribution in [0.15, 0.2) is 47.5 Å². The lowest BCUT2D eigenvalue weighted by molar-refractivity contribution is 0.121. The Bertz CT molecular complexity index is 1220. The molecule has 1 atom stereocenters. The van der Waals surface area contributed by atoms with E-state index in [1.807, 2.05) is 18.2 Å². The molecule has 0 amide bonds. The number of piperazine rings is 1. The molecule has 9 nitrogen and oxygen atoms in total. The van der Waals surface area contributed by atoms with E-state index in [-0.39, 0.29) is 11.0 Å². The topological polar surface area (TPSA) is 83.8 Å². The van der Waals surface area contributed by atoms with E-state index >= 15 is 0 Å². The van der Waals surface area contributed by atoms with Crippen molar-refractivity contribution in [2.24, 2.45) is 0 Å². The van der Waals surface area contributed by atoms with Gasteiger partial charge in [0.25, 0.3) is 10.0 Å². The third-order valence-corrected chi connectivity index (χ3v) is 7.96. The summed E-state index contributed by atoms with van der Waals surface area (Å²) in [6.07, 6.45) is 2.65. The summed E-state index contributed by atoms with van der Waals surface area (Å²) in [4.78, 5) is 11.5. The van der Waals surface area contributed by atoms with Crippen LogP contribution in [-0.4, -0.2) is 87.0 Å². The summed E-state index contributed by atoms with van der Waals surface area (Å²) < 4.78 is 33.6. The molecule has 0 aliphatic carbocycles. The molecule has 3 aromatic rings. The first-order valence-electron chi connectivity index (χ1n) is 10.9. The second-order valence-electron chi connectivity index (χ2n) is 8.45. The molecular formula is C22H28N6O3S. The van der Waals surface area contributed by atoms with Crippen molar-refractivity contribution in [3.63, 3.8) is 0 Å². The number of anilines is 2. The Morgan fingerprint density at radius 2 is 1.84 bits per heavy atom. The number of hydrogen-bond donors (Lipinski definition) is 0. The zero-order valence-corrected chi connectivity index (χ0v) is 19.2. The van der Waals surface area contributed by atoms with Gasteiger partial charge in [-0.3, -0.25) is 0 Å². The molecule has 0 N–H and O–H groups in total. The quantitative estimate of drug-likeness (QED) is 0.573. The number of aromatic nitrogens is 3. The SMILES string of the molecule is COC1CCN(c2cccc(S(=O)(=O)n3ncc4ccc(N5CCN(C)CC5)nc43)c2)C1. The van der Waals surface area contributed by atoms with Gasteiger partial charge in [0, 0.05) is 57.5 Å². The third-order valence-electron chi connectivity index (χ3n) is 6.39. The fourth-order valence-electron chi connectivity index (χ4n) is 4.36. The second kappa shape index (κ2) is 8.34. The van der Waals surface area contributed by atoms with Gasteiger partial charge in [-0.25, -0.2) is 4.98 Å². The number of benzene rings is 1. The number of pyridine rings is 1. The molecular weight excluding hydrogens is 428 g/mol. The van der Waals surface area contributed by atoms with Crippen LogP contribution in [0, 0.1) is 0 Å². The van der Waals surface area contributed by atoms with E-state index in [4.69, 9.17) is 9.72 Å². The Kier molecular flexibility index (Phi) is 5.52. The standard InChI is InChI=1S/C22H28N6O3S/c1-25-10-12-26(13-11-25)21-7-6-17-15-23-28(22(17)24-21)32(29,30)20-5-3-4-18(14-20)27-9-8-19(16-27)31-2/h3-7,14-15,19H,8-13,16H2,1-2H3. The monoisotopic (exact) mass is 456 g/mol. The van der Waals surface area contributed by atoms with Gasteiger partial charge in [0.1, 0.15) is 5.82 Å². The Hall–Kier alpha value is -2.69. The molecule has 0 saturated carbocycles. The van der Waals surface area contributed by atoms with E-state index in [0.717, 1.165) is 61.3 Å². The van der Waals surface area contributed by atoms with E-state index in [2.05, 4.69) is 26.8 Å². The number of methoxy groups -OCH3 is 1. The normalized spacial score (nSPS) is 20.4. The smallest absolute Gasteiger partial charge is 0.285 e. The number of likely N-dealkylation sites (N-methyl/N-ethyl adjacent to an activating group) is 1. The van der Waals surface area contributed by atoms with Gasteiger partial charge in [0.2, 0.25) is 0 Å². The molecule has 1 unspecified atom stereocenters. The van der Waals surface area contributed by atoms with E-state index in [1.165, 1.54) is 0 Å². The molecule has 32 heavy (non-hydrogen) atoms. The van der Waals surface area contributed by atoms with E-state index < -0.39 is 10.0 Å². The summed E-state index contributed by atoms with van der Waals surface area (Å²) in [6.45, 7) is 5.20. The molecule has 2 aliphatic rings. The summed E-state index contributed by atoms with van der Waals surface area (Å²) in [5.74, 6) is 0.777. The number of fused-ring (bicyclic) bond motifs is 1. The minimum Gasteiger partial charge on any atom is -0.380 e. The average molecular weight is 457 g/mol. The predicted molar refractivity (Wildman–Crippen MR) is 124 cm³/mol. The summed E-state index contributed by atoms with van der Waals surface area (Å²) in [7, 11) is -0.0831. The van der Waals surface area contributed by atoms with Gasteiger partial charge in [-0.05, 0) is 43.8 Å². The van der Waals surface area contributed by atoms with E-state index in [9.17, 15) is 8.42 Å². The summed E-state index contributed by atoms with van der Waals surface area (Å²) in [5, 5.41) is 4.90. The molecule has 10 heteroatoms. The number of ether oxygens (including phenoxy) is 1. The van der Waals surface area contributed by atoms with Crippen molar-refractivity contribution in [2.45, 2.75) is 17.4 Å². The highest BCUT2D eigenvalue weighted by Crippen LogP contribution is 2.27. The maximum absolute atomic E-state index is 13.5. The van der Waals surface area contributed by atoms with Crippen LogP contribution in [0.3, 0.4) is 0 Å². The van der Waals surface area contributed by atoms with Crippen LogP contribution in [0.25, 0.3) is 11.0 Å². The highest BCUT2D eigenvalue weighted by atomic mass is 32.2. The fourth-order valence-corrected chi connectivity index (χ4v) is 5.62. The van der Waals surface area contributed by atoms with Crippen molar-refractivity contribution in [2.75, 3.05) is 63.2 Å². The Morgan fingerprint density at radius 3 is 2.59 bits per heavy atom. The lowest BCUT2D eigenvalue weighted by atomic mass is 10.3. The highest BCUT2D eigenvalue weighted by Gasteiger charge is 2.26. The second-order valence-corrected chi connectivity index (χ2v) is 10.2. The van der Waals surface area contributed by atoms with Crippen molar-refractivity contribution in [1.29, 1.82) is 0 Å². The zero-order chi connectivity index (χ0) is 22.3. The average Bonchev–Trinajstić information content (AvgIpc) is 3.47. The van der Waals surface area contributed by atoms with Crippen LogP contribution in [0.1, 0.15) is 6.42 Å². The molecule has 2 aliphatic heterocycles. The van der Waals surface area contributed by atoms with Crippen LogP contribution in [0.2, 0.25) is 0 Å². The number of nitrogens with zero attached hydrogens (tertiary/aromatic N) is 6. The molecule has 4 heterocycles. The Balaban J connectivity index is 1.48. The molecule has 170 valence electrons. The van der Waals surface area contributed by atoms with Crippen molar-refractivity contribution in [1.82, 2.24) is 19.1 Å². The maximum Gasteiger partial charge on any atom is 0.285 e. The van der Waals surface area contributed by atoms with Gasteiger partial charge in [-0.2, -0.15) is 13.5 Å². The number of hydrogen-bond acceptors (Lipinski definition) is 8. The lowest BCUT2D eigenvalue weighted by Gasteiger charge is -2.33. The fraction of sp³-hybridized carbons (Fsp3) is 0.455.